The standard InChI is InChI=1S/C13H20ClN3O/c1-4-7-17(8-6-14)13(18)11-9-10(3)15-16-12(11)5-2/h9H,4-8H2,1-3H3. The molecule has 5 heteroatoms. The molecule has 0 saturated heterocycles. The van der Waals surface area contributed by atoms with Crippen LogP contribution in [0.2, 0.25) is 0 Å². The molecular formula is C13H20ClN3O. The number of hydrogen-bond donors (Lipinski definition) is 0. The van der Waals surface area contributed by atoms with Gasteiger partial charge in [0.1, 0.15) is 0 Å². The van der Waals surface area contributed by atoms with Gasteiger partial charge in [-0.15, -0.1) is 11.6 Å². The van der Waals surface area contributed by atoms with Crippen LogP contribution < -0.4 is 0 Å². The predicted molar refractivity (Wildman–Crippen MR) is 73.1 cm³/mol. The van der Waals surface area contributed by atoms with Gasteiger partial charge < -0.3 is 4.90 Å². The van der Waals surface area contributed by atoms with Crippen molar-refractivity contribution in [3.63, 3.8) is 0 Å². The Morgan fingerprint density at radius 2 is 2.06 bits per heavy atom. The number of carbonyl (C=O) groups excluding carboxylic acids is 1. The molecule has 1 aromatic rings. The monoisotopic (exact) mass is 269 g/mol. The fourth-order valence-corrected chi connectivity index (χ4v) is 2.02. The highest BCUT2D eigenvalue weighted by atomic mass is 35.5. The molecule has 0 aliphatic rings. The second-order valence-corrected chi connectivity index (χ2v) is 4.56. The lowest BCUT2D eigenvalue weighted by Crippen LogP contribution is -2.34. The van der Waals surface area contributed by atoms with Gasteiger partial charge in [0.05, 0.1) is 17.0 Å². The molecule has 0 spiro atoms. The Hall–Kier alpha value is -1.16. The Bertz CT molecular complexity index is 403. The Balaban J connectivity index is 3.02. The zero-order valence-corrected chi connectivity index (χ0v) is 12.0. The molecule has 18 heavy (non-hydrogen) atoms. The molecule has 1 heterocycles. The van der Waals surface area contributed by atoms with Crippen LogP contribution in [-0.2, 0) is 6.42 Å². The van der Waals surface area contributed by atoms with Crippen molar-refractivity contribution in [1.29, 1.82) is 0 Å². The van der Waals surface area contributed by atoms with Gasteiger partial charge >= 0.3 is 0 Å². The Morgan fingerprint density at radius 3 is 2.61 bits per heavy atom. The summed E-state index contributed by atoms with van der Waals surface area (Å²) in [6.07, 6.45) is 1.62. The van der Waals surface area contributed by atoms with E-state index in [2.05, 4.69) is 10.2 Å². The third-order valence-corrected chi connectivity index (χ3v) is 2.86. The first-order valence-electron chi connectivity index (χ1n) is 6.32. The summed E-state index contributed by atoms with van der Waals surface area (Å²) >= 11 is 5.75. The van der Waals surface area contributed by atoms with Gasteiger partial charge in [0.15, 0.2) is 0 Å². The van der Waals surface area contributed by atoms with Crippen LogP contribution in [0.15, 0.2) is 6.07 Å². The molecule has 0 bridgehead atoms. The Labute approximate surface area is 113 Å². The molecular weight excluding hydrogens is 250 g/mol. The highest BCUT2D eigenvalue weighted by Crippen LogP contribution is 2.11. The van der Waals surface area contributed by atoms with Crippen molar-refractivity contribution in [2.24, 2.45) is 0 Å². The Kier molecular flexibility index (Phi) is 6.05. The number of rotatable bonds is 6. The summed E-state index contributed by atoms with van der Waals surface area (Å²) in [5.41, 5.74) is 2.17. The fourth-order valence-electron chi connectivity index (χ4n) is 1.82. The van der Waals surface area contributed by atoms with Crippen molar-refractivity contribution in [2.75, 3.05) is 19.0 Å². The molecule has 4 nitrogen and oxygen atoms in total. The number of halogens is 1. The van der Waals surface area contributed by atoms with Gasteiger partial charge in [0, 0.05) is 19.0 Å². The number of amides is 1. The lowest BCUT2D eigenvalue weighted by Gasteiger charge is -2.22. The molecule has 0 unspecified atom stereocenters. The van der Waals surface area contributed by atoms with E-state index in [0.717, 1.165) is 24.4 Å². The van der Waals surface area contributed by atoms with E-state index in [4.69, 9.17) is 11.6 Å². The van der Waals surface area contributed by atoms with Gasteiger partial charge in [-0.05, 0) is 25.8 Å². The maximum absolute atomic E-state index is 12.5. The van der Waals surface area contributed by atoms with Crippen LogP contribution in [0.25, 0.3) is 0 Å². The quantitative estimate of drug-likeness (QED) is 0.745. The lowest BCUT2D eigenvalue weighted by atomic mass is 10.1. The van der Waals surface area contributed by atoms with Gasteiger partial charge in [-0.2, -0.15) is 10.2 Å². The molecule has 1 rings (SSSR count). The second-order valence-electron chi connectivity index (χ2n) is 4.18. The summed E-state index contributed by atoms with van der Waals surface area (Å²) in [6.45, 7) is 7.15. The fraction of sp³-hybridized carbons (Fsp3) is 0.615. The van der Waals surface area contributed by atoms with Crippen LogP contribution in [0.4, 0.5) is 0 Å². The number of aromatic nitrogens is 2. The molecule has 0 aliphatic heterocycles. The summed E-state index contributed by atoms with van der Waals surface area (Å²) in [7, 11) is 0. The van der Waals surface area contributed by atoms with E-state index in [0.29, 0.717) is 24.4 Å². The zero-order valence-electron chi connectivity index (χ0n) is 11.2. The first-order chi connectivity index (χ1) is 8.63. The molecule has 0 N–H and O–H groups in total. The molecule has 1 amide bonds. The number of aryl methyl sites for hydroxylation is 2. The molecule has 100 valence electrons. The summed E-state index contributed by atoms with van der Waals surface area (Å²) < 4.78 is 0. The summed E-state index contributed by atoms with van der Waals surface area (Å²) in [5.74, 6) is 0.456. The van der Waals surface area contributed by atoms with Crippen LogP contribution in [0, 0.1) is 6.92 Å². The second kappa shape index (κ2) is 7.31. The minimum atomic E-state index is 0.00681. The van der Waals surface area contributed by atoms with Crippen LogP contribution in [0.3, 0.4) is 0 Å². The van der Waals surface area contributed by atoms with E-state index in [1.54, 1.807) is 4.90 Å². The maximum atomic E-state index is 12.5. The zero-order chi connectivity index (χ0) is 13.5. The van der Waals surface area contributed by atoms with E-state index < -0.39 is 0 Å². The maximum Gasteiger partial charge on any atom is 0.255 e. The number of carbonyl (C=O) groups is 1. The largest absolute Gasteiger partial charge is 0.337 e. The third kappa shape index (κ3) is 3.67. The van der Waals surface area contributed by atoms with Crippen molar-refractivity contribution in [1.82, 2.24) is 15.1 Å². The SMILES string of the molecule is CCCN(CCCl)C(=O)c1cc(C)nnc1CC. The Morgan fingerprint density at radius 1 is 1.33 bits per heavy atom. The highest BCUT2D eigenvalue weighted by molar-refractivity contribution is 6.18. The van der Waals surface area contributed by atoms with Crippen LogP contribution >= 0.6 is 11.6 Å². The number of nitrogens with zero attached hydrogens (tertiary/aromatic N) is 3. The molecule has 0 saturated carbocycles. The van der Waals surface area contributed by atoms with E-state index >= 15 is 0 Å². The van der Waals surface area contributed by atoms with Gasteiger partial charge in [-0.25, -0.2) is 0 Å². The van der Waals surface area contributed by atoms with Crippen LogP contribution in [0.1, 0.15) is 42.0 Å². The van der Waals surface area contributed by atoms with Crippen molar-refractivity contribution in [2.45, 2.75) is 33.6 Å². The lowest BCUT2D eigenvalue weighted by molar-refractivity contribution is 0.0763. The van der Waals surface area contributed by atoms with Gasteiger partial charge in [0.2, 0.25) is 0 Å². The van der Waals surface area contributed by atoms with Gasteiger partial charge in [-0.3, -0.25) is 4.79 Å². The summed E-state index contributed by atoms with van der Waals surface area (Å²) in [5, 5.41) is 8.09. The summed E-state index contributed by atoms with van der Waals surface area (Å²) in [4.78, 5) is 14.2. The third-order valence-electron chi connectivity index (χ3n) is 2.69. The van der Waals surface area contributed by atoms with Crippen molar-refractivity contribution >= 4 is 17.5 Å². The summed E-state index contributed by atoms with van der Waals surface area (Å²) in [6, 6.07) is 1.81. The first-order valence-corrected chi connectivity index (χ1v) is 6.85. The van der Waals surface area contributed by atoms with E-state index in [9.17, 15) is 4.79 Å². The number of alkyl halides is 1. The molecule has 0 atom stereocenters. The van der Waals surface area contributed by atoms with Gasteiger partial charge in [0.25, 0.3) is 5.91 Å². The molecule has 0 aliphatic carbocycles. The van der Waals surface area contributed by atoms with Crippen LogP contribution in [0.5, 0.6) is 0 Å². The topological polar surface area (TPSA) is 46.1 Å². The number of hydrogen-bond acceptors (Lipinski definition) is 3. The smallest absolute Gasteiger partial charge is 0.255 e. The average Bonchev–Trinajstić information content (AvgIpc) is 2.37. The molecule has 0 radical (unpaired) electrons. The van der Waals surface area contributed by atoms with Crippen molar-refractivity contribution in [3.8, 4) is 0 Å². The average molecular weight is 270 g/mol. The van der Waals surface area contributed by atoms with Crippen LogP contribution in [-0.4, -0.2) is 40.0 Å². The van der Waals surface area contributed by atoms with Crippen molar-refractivity contribution in [3.05, 3.63) is 23.0 Å². The van der Waals surface area contributed by atoms with E-state index in [-0.39, 0.29) is 5.91 Å². The first kappa shape index (κ1) is 14.9. The van der Waals surface area contributed by atoms with Crippen molar-refractivity contribution < 1.29 is 4.79 Å². The minimum absolute atomic E-state index is 0.00681. The van der Waals surface area contributed by atoms with E-state index in [1.165, 1.54) is 0 Å². The molecule has 0 aromatic carbocycles. The molecule has 0 fully saturated rings. The normalized spacial score (nSPS) is 10.4. The minimum Gasteiger partial charge on any atom is -0.337 e. The molecule has 1 aromatic heterocycles. The highest BCUT2D eigenvalue weighted by Gasteiger charge is 2.18. The predicted octanol–water partition coefficient (Wildman–Crippen LogP) is 2.44. The van der Waals surface area contributed by atoms with Gasteiger partial charge in [-0.1, -0.05) is 13.8 Å². The van der Waals surface area contributed by atoms with E-state index in [1.807, 2.05) is 26.8 Å².